The summed E-state index contributed by atoms with van der Waals surface area (Å²) < 4.78 is 26.6. The first-order valence-corrected chi connectivity index (χ1v) is 7.25. The summed E-state index contributed by atoms with van der Waals surface area (Å²) in [7, 11) is 0. The highest BCUT2D eigenvalue weighted by molar-refractivity contribution is 5.19. The summed E-state index contributed by atoms with van der Waals surface area (Å²) in [6.45, 7) is 5.56. The maximum atomic E-state index is 13.3. The van der Waals surface area contributed by atoms with Crippen LogP contribution in [0.15, 0.2) is 18.2 Å². The first-order chi connectivity index (χ1) is 9.11. The molecule has 0 fully saturated rings. The van der Waals surface area contributed by atoms with Crippen LogP contribution in [-0.4, -0.2) is 6.54 Å². The lowest BCUT2D eigenvalue weighted by atomic mass is 10.0. The monoisotopic (exact) mass is 269 g/mol. The molecule has 108 valence electrons. The van der Waals surface area contributed by atoms with E-state index in [2.05, 4.69) is 19.2 Å². The fourth-order valence-corrected chi connectivity index (χ4v) is 2.07. The molecule has 0 aromatic heterocycles. The van der Waals surface area contributed by atoms with Crippen molar-refractivity contribution in [2.45, 2.75) is 52.5 Å². The van der Waals surface area contributed by atoms with E-state index in [4.69, 9.17) is 0 Å². The van der Waals surface area contributed by atoms with Crippen LogP contribution in [0, 0.1) is 17.6 Å². The van der Waals surface area contributed by atoms with Crippen molar-refractivity contribution < 1.29 is 8.78 Å². The number of halogens is 2. The number of unbranched alkanes of at least 4 members (excludes halogenated alkanes) is 3. The summed E-state index contributed by atoms with van der Waals surface area (Å²) in [5, 5.41) is 3.10. The molecule has 19 heavy (non-hydrogen) atoms. The third-order valence-electron chi connectivity index (χ3n) is 3.25. The van der Waals surface area contributed by atoms with Gasteiger partial charge in [0, 0.05) is 12.1 Å². The van der Waals surface area contributed by atoms with Gasteiger partial charge in [0.1, 0.15) is 11.6 Å². The second-order valence-electron chi connectivity index (χ2n) is 5.47. The molecular weight excluding hydrogens is 244 g/mol. The van der Waals surface area contributed by atoms with Gasteiger partial charge < -0.3 is 5.32 Å². The van der Waals surface area contributed by atoms with Gasteiger partial charge in [0.2, 0.25) is 0 Å². The largest absolute Gasteiger partial charge is 0.312 e. The predicted molar refractivity (Wildman–Crippen MR) is 76.0 cm³/mol. The summed E-state index contributed by atoms with van der Waals surface area (Å²) in [5.74, 6) is -0.156. The average Bonchev–Trinajstić information content (AvgIpc) is 2.35. The fraction of sp³-hybridized carbons (Fsp3) is 0.625. The Balaban J connectivity index is 2.08. The zero-order chi connectivity index (χ0) is 14.1. The molecule has 0 heterocycles. The SMILES string of the molecule is CC(C)CCCCCCNCc1c(F)cccc1F. The van der Waals surface area contributed by atoms with Crippen molar-refractivity contribution in [2.24, 2.45) is 5.92 Å². The van der Waals surface area contributed by atoms with E-state index in [1.807, 2.05) is 0 Å². The molecule has 0 radical (unpaired) electrons. The molecule has 0 bridgehead atoms. The van der Waals surface area contributed by atoms with E-state index in [1.54, 1.807) is 0 Å². The Morgan fingerprint density at radius 1 is 1.00 bits per heavy atom. The lowest BCUT2D eigenvalue weighted by Gasteiger charge is -2.07. The predicted octanol–water partition coefficient (Wildman–Crippen LogP) is 4.66. The highest BCUT2D eigenvalue weighted by atomic mass is 19.1. The molecule has 0 saturated heterocycles. The van der Waals surface area contributed by atoms with E-state index in [0.717, 1.165) is 18.9 Å². The maximum Gasteiger partial charge on any atom is 0.130 e. The van der Waals surface area contributed by atoms with Crippen molar-refractivity contribution >= 4 is 0 Å². The van der Waals surface area contributed by atoms with E-state index < -0.39 is 11.6 Å². The molecule has 0 aliphatic heterocycles. The third-order valence-corrected chi connectivity index (χ3v) is 3.25. The molecule has 0 spiro atoms. The van der Waals surface area contributed by atoms with Crippen LogP contribution in [0.1, 0.15) is 51.5 Å². The Hall–Kier alpha value is -0.960. The lowest BCUT2D eigenvalue weighted by molar-refractivity contribution is 0.504. The Labute approximate surface area is 115 Å². The van der Waals surface area contributed by atoms with E-state index >= 15 is 0 Å². The quantitative estimate of drug-likeness (QED) is 0.643. The first kappa shape index (κ1) is 16.1. The van der Waals surface area contributed by atoms with Gasteiger partial charge in [-0.05, 0) is 31.0 Å². The van der Waals surface area contributed by atoms with E-state index in [9.17, 15) is 8.78 Å². The van der Waals surface area contributed by atoms with Gasteiger partial charge in [0.25, 0.3) is 0 Å². The van der Waals surface area contributed by atoms with Gasteiger partial charge in [-0.2, -0.15) is 0 Å². The standard InChI is InChI=1S/C16H25F2N/c1-13(2)8-5-3-4-6-11-19-12-14-15(17)9-7-10-16(14)18/h7,9-10,13,19H,3-6,8,11-12H2,1-2H3. The molecule has 1 nitrogen and oxygen atoms in total. The lowest BCUT2D eigenvalue weighted by Crippen LogP contribution is -2.16. The highest BCUT2D eigenvalue weighted by Crippen LogP contribution is 2.12. The zero-order valence-corrected chi connectivity index (χ0v) is 12.0. The molecule has 1 aromatic carbocycles. The minimum absolute atomic E-state index is 0.141. The number of rotatable bonds is 9. The second-order valence-corrected chi connectivity index (χ2v) is 5.47. The van der Waals surface area contributed by atoms with Gasteiger partial charge in [-0.1, -0.05) is 45.6 Å². The van der Waals surface area contributed by atoms with Crippen molar-refractivity contribution in [1.29, 1.82) is 0 Å². The van der Waals surface area contributed by atoms with Crippen LogP contribution in [0.25, 0.3) is 0 Å². The number of nitrogens with one attached hydrogen (secondary N) is 1. The summed E-state index contributed by atoms with van der Waals surface area (Å²) >= 11 is 0. The van der Waals surface area contributed by atoms with Gasteiger partial charge in [0.15, 0.2) is 0 Å². The minimum atomic E-state index is -0.468. The Morgan fingerprint density at radius 2 is 1.63 bits per heavy atom. The van der Waals surface area contributed by atoms with Gasteiger partial charge in [-0.15, -0.1) is 0 Å². The van der Waals surface area contributed by atoms with Gasteiger partial charge in [0.05, 0.1) is 0 Å². The van der Waals surface area contributed by atoms with Crippen LogP contribution in [0.2, 0.25) is 0 Å². The zero-order valence-electron chi connectivity index (χ0n) is 12.0. The van der Waals surface area contributed by atoms with Crippen molar-refractivity contribution in [2.75, 3.05) is 6.54 Å². The van der Waals surface area contributed by atoms with Crippen molar-refractivity contribution in [3.8, 4) is 0 Å². The van der Waals surface area contributed by atoms with E-state index in [-0.39, 0.29) is 12.1 Å². The summed E-state index contributed by atoms with van der Waals surface area (Å²) in [6.07, 6.45) is 6.05. The van der Waals surface area contributed by atoms with Crippen molar-refractivity contribution in [1.82, 2.24) is 5.32 Å². The number of benzene rings is 1. The highest BCUT2D eigenvalue weighted by Gasteiger charge is 2.06. The van der Waals surface area contributed by atoms with Crippen molar-refractivity contribution in [3.05, 3.63) is 35.4 Å². The summed E-state index contributed by atoms with van der Waals surface area (Å²) in [5.41, 5.74) is 0.141. The molecule has 0 amide bonds. The van der Waals surface area contributed by atoms with Gasteiger partial charge in [-0.3, -0.25) is 0 Å². The average molecular weight is 269 g/mol. The van der Waals surface area contributed by atoms with Crippen LogP contribution in [0.3, 0.4) is 0 Å². The molecular formula is C16H25F2N. The second kappa shape index (κ2) is 9.03. The topological polar surface area (TPSA) is 12.0 Å². The smallest absolute Gasteiger partial charge is 0.130 e. The third kappa shape index (κ3) is 6.67. The molecule has 0 aliphatic rings. The Kier molecular flexibility index (Phi) is 7.65. The van der Waals surface area contributed by atoms with Crippen molar-refractivity contribution in [3.63, 3.8) is 0 Å². The first-order valence-electron chi connectivity index (χ1n) is 7.25. The molecule has 0 saturated carbocycles. The van der Waals surface area contributed by atoms with E-state index in [1.165, 1.54) is 43.9 Å². The molecule has 1 aromatic rings. The van der Waals surface area contributed by atoms with Gasteiger partial charge >= 0.3 is 0 Å². The molecule has 0 atom stereocenters. The van der Waals surface area contributed by atoms with Crippen LogP contribution in [0.4, 0.5) is 8.78 Å². The Bertz CT molecular complexity index is 344. The van der Waals surface area contributed by atoms with Gasteiger partial charge in [-0.25, -0.2) is 8.78 Å². The summed E-state index contributed by atoms with van der Waals surface area (Å²) in [6, 6.07) is 3.99. The minimum Gasteiger partial charge on any atom is -0.312 e. The molecule has 0 aliphatic carbocycles. The van der Waals surface area contributed by atoms with E-state index in [0.29, 0.717) is 0 Å². The molecule has 0 unspecified atom stereocenters. The fourth-order valence-electron chi connectivity index (χ4n) is 2.07. The number of hydrogen-bond donors (Lipinski definition) is 1. The normalized spacial score (nSPS) is 11.2. The Morgan fingerprint density at radius 3 is 2.26 bits per heavy atom. The van der Waals surface area contributed by atoms with Crippen LogP contribution >= 0.6 is 0 Å². The van der Waals surface area contributed by atoms with Crippen LogP contribution in [-0.2, 0) is 6.54 Å². The molecule has 3 heteroatoms. The molecule has 1 rings (SSSR count). The van der Waals surface area contributed by atoms with Crippen LogP contribution in [0.5, 0.6) is 0 Å². The van der Waals surface area contributed by atoms with Crippen LogP contribution < -0.4 is 5.32 Å². The maximum absolute atomic E-state index is 13.3. The number of hydrogen-bond acceptors (Lipinski definition) is 1. The summed E-state index contributed by atoms with van der Waals surface area (Å²) in [4.78, 5) is 0. The molecule has 1 N–H and O–H groups in total.